The van der Waals surface area contributed by atoms with Crippen molar-refractivity contribution in [1.29, 1.82) is 0 Å². The van der Waals surface area contributed by atoms with E-state index >= 15 is 0 Å². The summed E-state index contributed by atoms with van der Waals surface area (Å²) in [5.41, 5.74) is 0. The van der Waals surface area contributed by atoms with Crippen molar-refractivity contribution in [1.82, 2.24) is 15.1 Å². The molecule has 0 atom stereocenters. The summed E-state index contributed by atoms with van der Waals surface area (Å²) in [4.78, 5) is 15.6. The molecule has 1 saturated heterocycles. The van der Waals surface area contributed by atoms with Gasteiger partial charge in [-0.2, -0.15) is 0 Å². The average molecular weight is 227 g/mol. The SMILES string of the molecule is CC(C)N(CC1CCNCC1)C(=O)N(C)C. The van der Waals surface area contributed by atoms with Gasteiger partial charge in [0.15, 0.2) is 0 Å². The van der Waals surface area contributed by atoms with E-state index < -0.39 is 0 Å². The van der Waals surface area contributed by atoms with Crippen LogP contribution in [0.2, 0.25) is 0 Å². The highest BCUT2D eigenvalue weighted by molar-refractivity contribution is 5.74. The molecule has 16 heavy (non-hydrogen) atoms. The first-order chi connectivity index (χ1) is 7.52. The molecule has 0 saturated carbocycles. The number of nitrogens with zero attached hydrogens (tertiary/aromatic N) is 2. The second-order valence-electron chi connectivity index (χ2n) is 5.12. The highest BCUT2D eigenvalue weighted by Gasteiger charge is 2.23. The molecule has 1 aliphatic heterocycles. The number of hydrogen-bond donors (Lipinski definition) is 1. The van der Waals surface area contributed by atoms with Crippen molar-refractivity contribution in [2.75, 3.05) is 33.7 Å². The topological polar surface area (TPSA) is 35.6 Å². The Morgan fingerprint density at radius 1 is 1.31 bits per heavy atom. The molecule has 0 unspecified atom stereocenters. The first kappa shape index (κ1) is 13.3. The third-order valence-electron chi connectivity index (χ3n) is 3.17. The summed E-state index contributed by atoms with van der Waals surface area (Å²) < 4.78 is 0. The van der Waals surface area contributed by atoms with E-state index in [0.717, 1.165) is 19.6 Å². The van der Waals surface area contributed by atoms with Crippen molar-refractivity contribution >= 4 is 6.03 Å². The van der Waals surface area contributed by atoms with E-state index in [1.54, 1.807) is 4.90 Å². The molecule has 0 aromatic heterocycles. The summed E-state index contributed by atoms with van der Waals surface area (Å²) in [7, 11) is 3.64. The van der Waals surface area contributed by atoms with Gasteiger partial charge in [0.05, 0.1) is 0 Å². The molecule has 94 valence electrons. The second kappa shape index (κ2) is 6.09. The van der Waals surface area contributed by atoms with Crippen LogP contribution in [-0.4, -0.2) is 55.6 Å². The number of rotatable bonds is 3. The van der Waals surface area contributed by atoms with Gasteiger partial charge in [-0.3, -0.25) is 0 Å². The summed E-state index contributed by atoms with van der Waals surface area (Å²) in [5, 5.41) is 3.36. The molecule has 1 fully saturated rings. The summed E-state index contributed by atoms with van der Waals surface area (Å²) in [5.74, 6) is 0.660. The maximum absolute atomic E-state index is 12.0. The van der Waals surface area contributed by atoms with Gasteiger partial charge in [0.1, 0.15) is 0 Å². The van der Waals surface area contributed by atoms with Gasteiger partial charge >= 0.3 is 6.03 Å². The molecule has 0 bridgehead atoms. The van der Waals surface area contributed by atoms with Crippen LogP contribution in [-0.2, 0) is 0 Å². The van der Waals surface area contributed by atoms with Crippen LogP contribution in [0.1, 0.15) is 26.7 Å². The molecule has 0 aliphatic carbocycles. The predicted octanol–water partition coefficient (Wildman–Crippen LogP) is 1.38. The zero-order valence-electron chi connectivity index (χ0n) is 11.0. The minimum absolute atomic E-state index is 0.133. The number of carbonyl (C=O) groups is 1. The van der Waals surface area contributed by atoms with Gasteiger partial charge < -0.3 is 15.1 Å². The summed E-state index contributed by atoms with van der Waals surface area (Å²) in [6.07, 6.45) is 2.37. The quantitative estimate of drug-likeness (QED) is 0.790. The van der Waals surface area contributed by atoms with E-state index in [4.69, 9.17) is 0 Å². The molecule has 2 amide bonds. The van der Waals surface area contributed by atoms with Gasteiger partial charge in [-0.1, -0.05) is 0 Å². The predicted molar refractivity (Wildman–Crippen MR) is 66.5 cm³/mol. The highest BCUT2D eigenvalue weighted by Crippen LogP contribution is 2.15. The van der Waals surface area contributed by atoms with E-state index in [-0.39, 0.29) is 12.1 Å². The Morgan fingerprint density at radius 3 is 2.31 bits per heavy atom. The third kappa shape index (κ3) is 3.67. The third-order valence-corrected chi connectivity index (χ3v) is 3.17. The molecular weight excluding hydrogens is 202 g/mol. The van der Waals surface area contributed by atoms with Gasteiger partial charge in [-0.15, -0.1) is 0 Å². The number of carbonyl (C=O) groups excluding carboxylic acids is 1. The van der Waals surface area contributed by atoms with Crippen LogP contribution >= 0.6 is 0 Å². The van der Waals surface area contributed by atoms with E-state index in [0.29, 0.717) is 5.92 Å². The largest absolute Gasteiger partial charge is 0.331 e. The molecule has 1 heterocycles. The average Bonchev–Trinajstić information content (AvgIpc) is 2.26. The molecule has 4 heteroatoms. The summed E-state index contributed by atoms with van der Waals surface area (Å²) in [6, 6.07) is 0.415. The van der Waals surface area contributed by atoms with Crippen LogP contribution in [0.3, 0.4) is 0 Å². The fourth-order valence-corrected chi connectivity index (χ4v) is 2.11. The van der Waals surface area contributed by atoms with Crippen molar-refractivity contribution in [2.45, 2.75) is 32.7 Å². The van der Waals surface area contributed by atoms with E-state index in [2.05, 4.69) is 19.2 Å². The lowest BCUT2D eigenvalue weighted by atomic mass is 9.97. The molecule has 0 aromatic rings. The van der Waals surface area contributed by atoms with Crippen LogP contribution < -0.4 is 5.32 Å². The molecular formula is C12H25N3O. The van der Waals surface area contributed by atoms with Gasteiger partial charge in [-0.25, -0.2) is 4.79 Å². The Balaban J connectivity index is 2.53. The van der Waals surface area contributed by atoms with Gasteiger partial charge in [0.2, 0.25) is 0 Å². The number of amides is 2. The molecule has 1 rings (SSSR count). The normalized spacial score (nSPS) is 17.6. The zero-order valence-corrected chi connectivity index (χ0v) is 11.0. The first-order valence-corrected chi connectivity index (χ1v) is 6.21. The van der Waals surface area contributed by atoms with Crippen LogP contribution in [0, 0.1) is 5.92 Å². The van der Waals surface area contributed by atoms with Crippen molar-refractivity contribution in [3.63, 3.8) is 0 Å². The highest BCUT2D eigenvalue weighted by atomic mass is 16.2. The fourth-order valence-electron chi connectivity index (χ4n) is 2.11. The second-order valence-corrected chi connectivity index (χ2v) is 5.12. The lowest BCUT2D eigenvalue weighted by molar-refractivity contribution is 0.140. The van der Waals surface area contributed by atoms with Crippen LogP contribution in [0.5, 0.6) is 0 Å². The van der Waals surface area contributed by atoms with Crippen molar-refractivity contribution in [3.8, 4) is 0 Å². The van der Waals surface area contributed by atoms with Crippen LogP contribution in [0.4, 0.5) is 4.79 Å². The van der Waals surface area contributed by atoms with E-state index in [9.17, 15) is 4.79 Å². The monoisotopic (exact) mass is 227 g/mol. The molecule has 1 N–H and O–H groups in total. The van der Waals surface area contributed by atoms with E-state index in [1.807, 2.05) is 19.0 Å². The Bertz CT molecular complexity index is 222. The number of piperidine rings is 1. The maximum atomic E-state index is 12.0. The van der Waals surface area contributed by atoms with Gasteiger partial charge in [-0.05, 0) is 45.7 Å². The fraction of sp³-hybridized carbons (Fsp3) is 0.917. The maximum Gasteiger partial charge on any atom is 0.319 e. The van der Waals surface area contributed by atoms with Gasteiger partial charge in [0.25, 0.3) is 0 Å². The Kier molecular flexibility index (Phi) is 5.06. The Hall–Kier alpha value is -0.770. The number of urea groups is 1. The summed E-state index contributed by atoms with van der Waals surface area (Å²) in [6.45, 7) is 7.25. The lowest BCUT2D eigenvalue weighted by Gasteiger charge is -2.34. The van der Waals surface area contributed by atoms with Crippen molar-refractivity contribution in [3.05, 3.63) is 0 Å². The first-order valence-electron chi connectivity index (χ1n) is 6.21. The van der Waals surface area contributed by atoms with Gasteiger partial charge in [0, 0.05) is 26.7 Å². The Labute approximate surface area is 99.0 Å². The minimum Gasteiger partial charge on any atom is -0.331 e. The molecule has 0 spiro atoms. The minimum atomic E-state index is 0.133. The standard InChI is InChI=1S/C12H25N3O/c1-10(2)15(12(16)14(3)4)9-11-5-7-13-8-6-11/h10-11,13H,5-9H2,1-4H3. The van der Waals surface area contributed by atoms with Crippen molar-refractivity contribution in [2.24, 2.45) is 5.92 Å². The number of nitrogens with one attached hydrogen (secondary N) is 1. The smallest absolute Gasteiger partial charge is 0.319 e. The molecule has 0 aromatic carbocycles. The lowest BCUT2D eigenvalue weighted by Crippen LogP contribution is -2.47. The molecule has 1 aliphatic rings. The van der Waals surface area contributed by atoms with Crippen LogP contribution in [0.25, 0.3) is 0 Å². The Morgan fingerprint density at radius 2 is 1.88 bits per heavy atom. The molecule has 0 radical (unpaired) electrons. The van der Waals surface area contributed by atoms with E-state index in [1.165, 1.54) is 12.8 Å². The molecule has 4 nitrogen and oxygen atoms in total. The zero-order chi connectivity index (χ0) is 12.1. The summed E-state index contributed by atoms with van der Waals surface area (Å²) >= 11 is 0. The van der Waals surface area contributed by atoms with Crippen molar-refractivity contribution < 1.29 is 4.79 Å². The van der Waals surface area contributed by atoms with Crippen LogP contribution in [0.15, 0.2) is 0 Å². The number of hydrogen-bond acceptors (Lipinski definition) is 2.